The van der Waals surface area contributed by atoms with Crippen molar-refractivity contribution < 1.29 is 4.39 Å². The van der Waals surface area contributed by atoms with Gasteiger partial charge in [0.1, 0.15) is 5.82 Å². The molecule has 0 aliphatic carbocycles. The Bertz CT molecular complexity index is 571. The topological polar surface area (TPSA) is 12.0 Å². The van der Waals surface area contributed by atoms with Gasteiger partial charge < -0.3 is 5.32 Å². The van der Waals surface area contributed by atoms with Crippen molar-refractivity contribution in [2.75, 3.05) is 12.3 Å². The third-order valence-corrected chi connectivity index (χ3v) is 4.79. The fourth-order valence-electron chi connectivity index (χ4n) is 2.32. The summed E-state index contributed by atoms with van der Waals surface area (Å²) in [5, 5.41) is 3.46. The molecule has 2 aromatic carbocycles. The van der Waals surface area contributed by atoms with Gasteiger partial charge in [-0.15, -0.1) is 11.8 Å². The molecule has 0 saturated carbocycles. The van der Waals surface area contributed by atoms with Crippen LogP contribution in [-0.4, -0.2) is 18.3 Å². The predicted molar refractivity (Wildman–Crippen MR) is 89.5 cm³/mol. The van der Waals surface area contributed by atoms with Crippen LogP contribution in [0.5, 0.6) is 0 Å². The molecule has 0 fully saturated rings. The lowest BCUT2D eigenvalue weighted by molar-refractivity contribution is 0.545. The third kappa shape index (κ3) is 4.87. The normalized spacial score (nSPS) is 12.3. The molecule has 112 valence electrons. The molecule has 0 aromatic heterocycles. The maximum Gasteiger partial charge on any atom is 0.126 e. The average molecular weight is 303 g/mol. The Morgan fingerprint density at radius 3 is 2.52 bits per heavy atom. The van der Waals surface area contributed by atoms with Crippen LogP contribution < -0.4 is 5.32 Å². The Morgan fingerprint density at radius 2 is 1.81 bits per heavy atom. The summed E-state index contributed by atoms with van der Waals surface area (Å²) in [6.07, 6.45) is 0.722. The molecule has 1 atom stereocenters. The summed E-state index contributed by atoms with van der Waals surface area (Å²) in [5.41, 5.74) is 2.08. The maximum atomic E-state index is 13.8. The largest absolute Gasteiger partial charge is 0.313 e. The zero-order valence-corrected chi connectivity index (χ0v) is 13.4. The highest BCUT2D eigenvalue weighted by atomic mass is 32.2. The van der Waals surface area contributed by atoms with E-state index in [9.17, 15) is 4.39 Å². The molecule has 0 heterocycles. The van der Waals surface area contributed by atoms with Crippen LogP contribution in [0.3, 0.4) is 0 Å². The molecule has 0 amide bonds. The van der Waals surface area contributed by atoms with Gasteiger partial charge >= 0.3 is 0 Å². The van der Waals surface area contributed by atoms with E-state index in [1.165, 1.54) is 16.5 Å². The smallest absolute Gasteiger partial charge is 0.126 e. The van der Waals surface area contributed by atoms with Crippen LogP contribution >= 0.6 is 11.8 Å². The van der Waals surface area contributed by atoms with Gasteiger partial charge in [0.2, 0.25) is 0 Å². The van der Waals surface area contributed by atoms with Crippen LogP contribution in [-0.2, 0) is 6.42 Å². The quantitative estimate of drug-likeness (QED) is 0.759. The molecule has 21 heavy (non-hydrogen) atoms. The molecule has 0 spiro atoms. The second kappa shape index (κ2) is 8.20. The Balaban J connectivity index is 1.99. The number of likely N-dealkylation sites (N-methyl/N-ethyl adjacent to an activating group) is 1. The van der Waals surface area contributed by atoms with Gasteiger partial charge in [0.25, 0.3) is 0 Å². The summed E-state index contributed by atoms with van der Waals surface area (Å²) in [6, 6.07) is 15.7. The Labute approximate surface area is 131 Å². The Morgan fingerprint density at radius 1 is 1.10 bits per heavy atom. The van der Waals surface area contributed by atoms with Crippen LogP contribution in [0.4, 0.5) is 4.39 Å². The number of benzene rings is 2. The number of halogens is 1. The summed E-state index contributed by atoms with van der Waals surface area (Å²) in [7, 11) is 0. The van der Waals surface area contributed by atoms with Crippen LogP contribution in [0, 0.1) is 12.7 Å². The number of hydrogen-bond acceptors (Lipinski definition) is 2. The maximum absolute atomic E-state index is 13.8. The number of nitrogens with one attached hydrogen (secondary N) is 1. The van der Waals surface area contributed by atoms with Gasteiger partial charge in [0.15, 0.2) is 0 Å². The summed E-state index contributed by atoms with van der Waals surface area (Å²) >= 11 is 1.84. The summed E-state index contributed by atoms with van der Waals surface area (Å²) in [4.78, 5) is 1.30. The Kier molecular flexibility index (Phi) is 6.27. The van der Waals surface area contributed by atoms with Crippen molar-refractivity contribution in [3.8, 4) is 0 Å². The minimum Gasteiger partial charge on any atom is -0.313 e. The lowest BCUT2D eigenvalue weighted by Crippen LogP contribution is -2.33. The van der Waals surface area contributed by atoms with E-state index in [4.69, 9.17) is 0 Å². The Hall–Kier alpha value is -1.32. The van der Waals surface area contributed by atoms with Crippen molar-refractivity contribution in [2.24, 2.45) is 0 Å². The molecule has 2 aromatic rings. The highest BCUT2D eigenvalue weighted by Gasteiger charge is 2.12. The van der Waals surface area contributed by atoms with Crippen LogP contribution in [0.2, 0.25) is 0 Å². The molecule has 3 heteroatoms. The minimum absolute atomic E-state index is 0.110. The fourth-order valence-corrected chi connectivity index (χ4v) is 3.40. The van der Waals surface area contributed by atoms with Crippen molar-refractivity contribution in [1.29, 1.82) is 0 Å². The van der Waals surface area contributed by atoms with Gasteiger partial charge in [0.05, 0.1) is 0 Å². The lowest BCUT2D eigenvalue weighted by atomic mass is 10.1. The number of thioether (sulfide) groups is 1. The molecule has 0 aliphatic rings. The van der Waals surface area contributed by atoms with Crippen molar-refractivity contribution in [3.05, 3.63) is 65.5 Å². The van der Waals surface area contributed by atoms with Crippen molar-refractivity contribution in [2.45, 2.75) is 31.2 Å². The molecular weight excluding hydrogens is 281 g/mol. The van der Waals surface area contributed by atoms with E-state index >= 15 is 0 Å². The van der Waals surface area contributed by atoms with E-state index in [1.807, 2.05) is 23.9 Å². The van der Waals surface area contributed by atoms with Crippen molar-refractivity contribution in [1.82, 2.24) is 5.32 Å². The summed E-state index contributed by atoms with van der Waals surface area (Å²) in [5.74, 6) is 0.828. The standard InChI is InChI=1S/C18H22FNS/c1-3-20-16(12-15-9-5-6-10-17(15)19)13-21-18-11-7-4-8-14(18)2/h4-11,16,20H,3,12-13H2,1-2H3. The van der Waals surface area contributed by atoms with E-state index in [1.54, 1.807) is 6.07 Å². The molecule has 0 saturated heterocycles. The molecule has 0 radical (unpaired) electrons. The molecule has 2 rings (SSSR count). The van der Waals surface area contributed by atoms with Crippen LogP contribution in [0.25, 0.3) is 0 Å². The zero-order chi connectivity index (χ0) is 15.1. The molecule has 1 N–H and O–H groups in total. The predicted octanol–water partition coefficient (Wildman–Crippen LogP) is 4.45. The average Bonchev–Trinajstić information content (AvgIpc) is 2.48. The van der Waals surface area contributed by atoms with Crippen molar-refractivity contribution in [3.63, 3.8) is 0 Å². The van der Waals surface area contributed by atoms with Gasteiger partial charge in [-0.05, 0) is 43.1 Å². The van der Waals surface area contributed by atoms with Gasteiger partial charge in [-0.2, -0.15) is 0 Å². The highest BCUT2D eigenvalue weighted by Crippen LogP contribution is 2.23. The number of rotatable bonds is 7. The second-order valence-corrected chi connectivity index (χ2v) is 6.19. The molecule has 1 unspecified atom stereocenters. The van der Waals surface area contributed by atoms with Crippen LogP contribution in [0.1, 0.15) is 18.1 Å². The van der Waals surface area contributed by atoms with Crippen LogP contribution in [0.15, 0.2) is 53.4 Å². The SMILES string of the molecule is CCNC(CSc1ccccc1C)Cc1ccccc1F. The minimum atomic E-state index is -0.110. The van der Waals surface area contributed by atoms with Crippen molar-refractivity contribution >= 4 is 11.8 Å². The second-order valence-electron chi connectivity index (χ2n) is 5.13. The van der Waals surface area contributed by atoms with E-state index in [2.05, 4.69) is 43.4 Å². The van der Waals surface area contributed by atoms with Gasteiger partial charge in [-0.3, -0.25) is 0 Å². The summed E-state index contributed by atoms with van der Waals surface area (Å²) < 4.78 is 13.8. The van der Waals surface area contributed by atoms with E-state index in [0.717, 1.165) is 24.3 Å². The third-order valence-electron chi connectivity index (χ3n) is 3.45. The molecule has 0 bridgehead atoms. The van der Waals surface area contributed by atoms with E-state index in [0.29, 0.717) is 0 Å². The van der Waals surface area contributed by atoms with E-state index < -0.39 is 0 Å². The summed E-state index contributed by atoms with van der Waals surface area (Å²) in [6.45, 7) is 5.11. The molecule has 0 aliphatic heterocycles. The van der Waals surface area contributed by atoms with E-state index in [-0.39, 0.29) is 11.9 Å². The first-order chi connectivity index (χ1) is 10.2. The zero-order valence-electron chi connectivity index (χ0n) is 12.6. The van der Waals surface area contributed by atoms with Gasteiger partial charge in [-0.25, -0.2) is 4.39 Å². The first kappa shape index (κ1) is 16.1. The molecular formula is C18H22FNS. The lowest BCUT2D eigenvalue weighted by Gasteiger charge is -2.18. The first-order valence-electron chi connectivity index (χ1n) is 7.36. The monoisotopic (exact) mass is 303 g/mol. The fraction of sp³-hybridized carbons (Fsp3) is 0.333. The van der Waals surface area contributed by atoms with Gasteiger partial charge in [0, 0.05) is 16.7 Å². The first-order valence-corrected chi connectivity index (χ1v) is 8.34. The van der Waals surface area contributed by atoms with Gasteiger partial charge in [-0.1, -0.05) is 43.3 Å². The number of aryl methyl sites for hydroxylation is 1. The highest BCUT2D eigenvalue weighted by molar-refractivity contribution is 7.99. The number of hydrogen-bond donors (Lipinski definition) is 1. The molecule has 1 nitrogen and oxygen atoms in total.